The molecule has 1 aliphatic rings. The van der Waals surface area contributed by atoms with Crippen LogP contribution in [0, 0.1) is 13.8 Å². The van der Waals surface area contributed by atoms with Gasteiger partial charge in [-0.05, 0) is 19.9 Å². The zero-order valence-corrected chi connectivity index (χ0v) is 14.5. The molecule has 2 N–H and O–H groups in total. The lowest BCUT2D eigenvalue weighted by molar-refractivity contribution is -0.183. The summed E-state index contributed by atoms with van der Waals surface area (Å²) in [7, 11) is 0. The average Bonchev–Trinajstić information content (AvgIpc) is 2.99. The minimum Gasteiger partial charge on any atom is -0.347 e. The smallest absolute Gasteiger partial charge is 0.347 e. The van der Waals surface area contributed by atoms with Crippen molar-refractivity contribution in [3.8, 4) is 0 Å². The van der Waals surface area contributed by atoms with E-state index in [0.717, 1.165) is 5.69 Å². The van der Waals surface area contributed by atoms with Gasteiger partial charge in [-0.25, -0.2) is 9.50 Å². The maximum Gasteiger partial charge on any atom is 0.405 e. The van der Waals surface area contributed by atoms with E-state index in [2.05, 4.69) is 25.7 Å². The Kier molecular flexibility index (Phi) is 5.10. The van der Waals surface area contributed by atoms with Crippen molar-refractivity contribution in [1.82, 2.24) is 35.1 Å². The van der Waals surface area contributed by atoms with Gasteiger partial charge in [-0.15, -0.1) is 5.10 Å². The summed E-state index contributed by atoms with van der Waals surface area (Å²) in [6.45, 7) is 4.52. The second-order valence-corrected chi connectivity index (χ2v) is 6.24. The van der Waals surface area contributed by atoms with Gasteiger partial charge in [0.05, 0.1) is 0 Å². The number of carbonyl (C=O) groups is 1. The van der Waals surface area contributed by atoms with Crippen LogP contribution in [-0.4, -0.2) is 75.3 Å². The first-order valence-corrected chi connectivity index (χ1v) is 8.26. The maximum absolute atomic E-state index is 13.4. The predicted molar refractivity (Wildman–Crippen MR) is 86.9 cm³/mol. The number of amides is 1. The van der Waals surface area contributed by atoms with Crippen LogP contribution in [0.1, 0.15) is 22.0 Å². The molecule has 2 aromatic rings. The zero-order chi connectivity index (χ0) is 18.9. The Bertz CT molecular complexity index is 798. The number of nitrogens with zero attached hydrogens (tertiary/aromatic N) is 5. The fraction of sp³-hybridized carbons (Fsp3) is 0.600. The van der Waals surface area contributed by atoms with Gasteiger partial charge in [0.15, 0.2) is 0 Å². The van der Waals surface area contributed by atoms with E-state index in [1.165, 1.54) is 9.42 Å². The predicted octanol–water partition coefficient (Wildman–Crippen LogP) is 0.307. The molecule has 0 saturated carbocycles. The second-order valence-electron chi connectivity index (χ2n) is 6.24. The topological polar surface area (TPSA) is 87.5 Å². The summed E-state index contributed by atoms with van der Waals surface area (Å²) in [5, 5.41) is 9.35. The van der Waals surface area contributed by atoms with Crippen LogP contribution in [0.3, 0.4) is 0 Å². The maximum atomic E-state index is 13.4. The van der Waals surface area contributed by atoms with E-state index < -0.39 is 24.7 Å². The number of halogens is 3. The largest absolute Gasteiger partial charge is 0.405 e. The third-order valence-corrected chi connectivity index (χ3v) is 4.25. The third kappa shape index (κ3) is 3.93. The first-order valence-electron chi connectivity index (χ1n) is 8.26. The summed E-state index contributed by atoms with van der Waals surface area (Å²) >= 11 is 0. The second kappa shape index (κ2) is 7.16. The first kappa shape index (κ1) is 18.5. The summed E-state index contributed by atoms with van der Waals surface area (Å²) in [4.78, 5) is 21.7. The lowest BCUT2D eigenvalue weighted by Gasteiger charge is -2.35. The minimum atomic E-state index is -4.44. The molecule has 0 bridgehead atoms. The van der Waals surface area contributed by atoms with Gasteiger partial charge in [0.25, 0.3) is 11.7 Å². The first-order chi connectivity index (χ1) is 12.3. The van der Waals surface area contributed by atoms with Gasteiger partial charge in [-0.2, -0.15) is 18.2 Å². The van der Waals surface area contributed by atoms with Crippen molar-refractivity contribution in [3.63, 3.8) is 0 Å². The van der Waals surface area contributed by atoms with Crippen molar-refractivity contribution in [3.05, 3.63) is 23.3 Å². The number of piperazine rings is 1. The molecule has 0 spiro atoms. The van der Waals surface area contributed by atoms with Crippen molar-refractivity contribution < 1.29 is 18.0 Å². The van der Waals surface area contributed by atoms with Gasteiger partial charge in [-0.1, -0.05) is 0 Å². The highest BCUT2D eigenvalue weighted by Crippen LogP contribution is 2.24. The van der Waals surface area contributed by atoms with E-state index in [0.29, 0.717) is 18.8 Å². The van der Waals surface area contributed by atoms with Gasteiger partial charge in [0, 0.05) is 44.1 Å². The van der Waals surface area contributed by atoms with Crippen molar-refractivity contribution in [1.29, 1.82) is 0 Å². The van der Waals surface area contributed by atoms with Crippen LogP contribution >= 0.6 is 0 Å². The molecule has 3 rings (SSSR count). The number of carbonyl (C=O) groups excluding carboxylic acids is 1. The number of aromatic nitrogens is 4. The summed E-state index contributed by atoms with van der Waals surface area (Å²) in [5.41, 5.74) is 1.44. The highest BCUT2D eigenvalue weighted by Gasteiger charge is 2.44. The van der Waals surface area contributed by atoms with E-state index in [-0.39, 0.29) is 24.7 Å². The fourth-order valence-corrected chi connectivity index (χ4v) is 2.98. The monoisotopic (exact) mass is 371 g/mol. The van der Waals surface area contributed by atoms with Gasteiger partial charge >= 0.3 is 6.18 Å². The van der Waals surface area contributed by atoms with Crippen LogP contribution in [0.2, 0.25) is 0 Å². The number of aryl methyl sites for hydroxylation is 2. The fourth-order valence-electron chi connectivity index (χ4n) is 2.98. The molecule has 1 amide bonds. The SMILES string of the molecule is Cc1cc(C)n2nc(C(=O)NCC(N3CCNCC3)C(F)(F)F)nc2n1. The van der Waals surface area contributed by atoms with Crippen LogP contribution in [0.4, 0.5) is 13.2 Å². The highest BCUT2D eigenvalue weighted by molar-refractivity contribution is 5.90. The molecule has 0 aliphatic carbocycles. The van der Waals surface area contributed by atoms with E-state index in [1.54, 1.807) is 19.9 Å². The molecule has 26 heavy (non-hydrogen) atoms. The molecule has 1 unspecified atom stereocenters. The van der Waals surface area contributed by atoms with Crippen LogP contribution < -0.4 is 10.6 Å². The Hall–Kier alpha value is -2.27. The summed E-state index contributed by atoms with van der Waals surface area (Å²) in [6, 6.07) is 0.0284. The van der Waals surface area contributed by atoms with E-state index in [4.69, 9.17) is 0 Å². The van der Waals surface area contributed by atoms with Crippen molar-refractivity contribution >= 4 is 11.7 Å². The van der Waals surface area contributed by atoms with Crippen LogP contribution in [0.15, 0.2) is 6.07 Å². The quantitative estimate of drug-likeness (QED) is 0.804. The molecule has 1 atom stereocenters. The summed E-state index contributed by atoms with van der Waals surface area (Å²) in [6.07, 6.45) is -4.44. The Balaban J connectivity index is 1.73. The number of fused-ring (bicyclic) bond motifs is 1. The molecule has 1 fully saturated rings. The standard InChI is InChI=1S/C15H20F3N7O/c1-9-7-10(2)25-14(21-9)22-12(23-25)13(26)20-8-11(15(16,17)18)24-5-3-19-4-6-24/h7,11,19H,3-6,8H2,1-2H3,(H,20,26). The molecular formula is C15H20F3N7O. The average molecular weight is 371 g/mol. The van der Waals surface area contributed by atoms with Gasteiger partial charge in [0.1, 0.15) is 6.04 Å². The third-order valence-electron chi connectivity index (χ3n) is 4.25. The van der Waals surface area contributed by atoms with Gasteiger partial charge < -0.3 is 10.6 Å². The number of hydrogen-bond acceptors (Lipinski definition) is 6. The summed E-state index contributed by atoms with van der Waals surface area (Å²) in [5.74, 6) is -0.716. The molecule has 0 aromatic carbocycles. The highest BCUT2D eigenvalue weighted by atomic mass is 19.4. The molecule has 1 saturated heterocycles. The Morgan fingerprint density at radius 2 is 2.00 bits per heavy atom. The zero-order valence-electron chi connectivity index (χ0n) is 14.5. The lowest BCUT2D eigenvalue weighted by atomic mass is 10.2. The Morgan fingerprint density at radius 1 is 1.31 bits per heavy atom. The van der Waals surface area contributed by atoms with E-state index in [1.807, 2.05) is 0 Å². The Labute approximate surface area is 147 Å². The van der Waals surface area contributed by atoms with Crippen LogP contribution in [-0.2, 0) is 0 Å². The number of nitrogens with one attached hydrogen (secondary N) is 2. The lowest BCUT2D eigenvalue weighted by Crippen LogP contribution is -2.57. The molecule has 2 aromatic heterocycles. The van der Waals surface area contributed by atoms with E-state index in [9.17, 15) is 18.0 Å². The summed E-state index contributed by atoms with van der Waals surface area (Å²) < 4.78 is 41.5. The molecule has 8 nitrogen and oxygen atoms in total. The Morgan fingerprint density at radius 3 is 2.65 bits per heavy atom. The molecular weight excluding hydrogens is 351 g/mol. The van der Waals surface area contributed by atoms with Gasteiger partial charge in [-0.3, -0.25) is 9.69 Å². The number of alkyl halides is 3. The molecule has 0 radical (unpaired) electrons. The normalized spacial score (nSPS) is 17.4. The van der Waals surface area contributed by atoms with Crippen molar-refractivity contribution in [2.24, 2.45) is 0 Å². The number of hydrogen-bond donors (Lipinski definition) is 2. The molecule has 142 valence electrons. The van der Waals surface area contributed by atoms with Crippen molar-refractivity contribution in [2.75, 3.05) is 32.7 Å². The molecule has 11 heteroatoms. The number of rotatable bonds is 4. The van der Waals surface area contributed by atoms with Gasteiger partial charge in [0.2, 0.25) is 5.82 Å². The van der Waals surface area contributed by atoms with E-state index >= 15 is 0 Å². The minimum absolute atomic E-state index is 0.201. The van der Waals surface area contributed by atoms with Crippen LogP contribution in [0.5, 0.6) is 0 Å². The molecule has 3 heterocycles. The van der Waals surface area contributed by atoms with Crippen LogP contribution in [0.25, 0.3) is 5.78 Å². The molecule has 1 aliphatic heterocycles. The van der Waals surface area contributed by atoms with Crippen molar-refractivity contribution in [2.45, 2.75) is 26.1 Å².